The third kappa shape index (κ3) is 4.17. The first-order valence-corrected chi connectivity index (χ1v) is 7.25. The molecule has 134 valence electrons. The van der Waals surface area contributed by atoms with E-state index < -0.39 is 29.2 Å². The third-order valence-electron chi connectivity index (χ3n) is 3.64. The quantitative estimate of drug-likeness (QED) is 0.808. The van der Waals surface area contributed by atoms with Gasteiger partial charge in [0.15, 0.2) is 5.69 Å². The van der Waals surface area contributed by atoms with E-state index in [9.17, 15) is 22.8 Å². The zero-order chi connectivity index (χ0) is 18.8. The molecular formula is C16H16F3N3O3. The van der Waals surface area contributed by atoms with Crippen LogP contribution in [0.1, 0.15) is 25.1 Å². The fourth-order valence-electron chi connectivity index (χ4n) is 1.89. The van der Waals surface area contributed by atoms with Gasteiger partial charge in [0.2, 0.25) is 5.91 Å². The van der Waals surface area contributed by atoms with Crippen LogP contribution in [0.5, 0.6) is 0 Å². The number of hydrogen-bond acceptors (Lipinski definition) is 3. The Labute approximate surface area is 141 Å². The summed E-state index contributed by atoms with van der Waals surface area (Å²) in [5, 5.41) is 15.0. The fourth-order valence-corrected chi connectivity index (χ4v) is 1.89. The highest BCUT2D eigenvalue weighted by atomic mass is 19.4. The molecule has 0 radical (unpaired) electrons. The highest BCUT2D eigenvalue weighted by Crippen LogP contribution is 2.27. The van der Waals surface area contributed by atoms with E-state index in [0.29, 0.717) is 11.3 Å². The van der Waals surface area contributed by atoms with Gasteiger partial charge < -0.3 is 10.4 Å². The maximum absolute atomic E-state index is 12.6. The molecule has 1 heterocycles. The number of carbonyl (C=O) groups excluding carboxylic acids is 1. The summed E-state index contributed by atoms with van der Waals surface area (Å²) in [5.74, 6) is -1.87. The lowest BCUT2D eigenvalue weighted by atomic mass is 9.92. The number of aromatic nitrogens is 2. The summed E-state index contributed by atoms with van der Waals surface area (Å²) in [6.45, 7) is 2.69. The molecule has 1 aromatic carbocycles. The molecule has 25 heavy (non-hydrogen) atoms. The molecule has 0 fully saturated rings. The van der Waals surface area contributed by atoms with Gasteiger partial charge in [-0.2, -0.15) is 18.3 Å². The van der Waals surface area contributed by atoms with Crippen LogP contribution < -0.4 is 5.32 Å². The second kappa shape index (κ2) is 6.58. The van der Waals surface area contributed by atoms with Gasteiger partial charge in [-0.3, -0.25) is 9.59 Å². The number of aliphatic carboxylic acids is 1. The van der Waals surface area contributed by atoms with E-state index in [0.717, 1.165) is 10.7 Å². The average Bonchev–Trinajstić information content (AvgIpc) is 3.03. The van der Waals surface area contributed by atoms with Crippen LogP contribution in [-0.4, -0.2) is 26.8 Å². The molecule has 0 saturated heterocycles. The Morgan fingerprint density at radius 2 is 1.76 bits per heavy atom. The van der Waals surface area contributed by atoms with E-state index in [1.807, 2.05) is 0 Å². The monoisotopic (exact) mass is 355 g/mol. The van der Waals surface area contributed by atoms with Crippen LogP contribution >= 0.6 is 0 Å². The van der Waals surface area contributed by atoms with Crippen molar-refractivity contribution < 1.29 is 27.9 Å². The van der Waals surface area contributed by atoms with Crippen molar-refractivity contribution in [3.05, 3.63) is 47.8 Å². The fraction of sp³-hybridized carbons (Fsp3) is 0.312. The molecule has 0 spiro atoms. The highest BCUT2D eigenvalue weighted by Gasteiger charge is 2.35. The van der Waals surface area contributed by atoms with E-state index in [1.54, 1.807) is 24.3 Å². The van der Waals surface area contributed by atoms with Crippen LogP contribution in [0.25, 0.3) is 5.69 Å². The van der Waals surface area contributed by atoms with Crippen LogP contribution in [0.3, 0.4) is 0 Å². The first-order chi connectivity index (χ1) is 11.5. The van der Waals surface area contributed by atoms with Crippen LogP contribution in [0.2, 0.25) is 0 Å². The Morgan fingerprint density at radius 3 is 2.24 bits per heavy atom. The van der Waals surface area contributed by atoms with Gasteiger partial charge >= 0.3 is 12.1 Å². The Kier molecular flexibility index (Phi) is 4.87. The molecule has 6 nitrogen and oxygen atoms in total. The molecule has 2 N–H and O–H groups in total. The Morgan fingerprint density at radius 1 is 1.16 bits per heavy atom. The highest BCUT2D eigenvalue weighted by molar-refractivity contribution is 6.00. The van der Waals surface area contributed by atoms with Crippen LogP contribution in [0, 0.1) is 5.41 Å². The molecule has 0 bridgehead atoms. The molecule has 0 unspecified atom stereocenters. The van der Waals surface area contributed by atoms with E-state index >= 15 is 0 Å². The molecule has 0 aliphatic carbocycles. The molecule has 0 aliphatic heterocycles. The zero-order valence-corrected chi connectivity index (χ0v) is 13.5. The molecule has 0 aliphatic rings. The van der Waals surface area contributed by atoms with Crippen molar-refractivity contribution in [1.82, 2.24) is 15.1 Å². The van der Waals surface area contributed by atoms with Gasteiger partial charge in [0.1, 0.15) is 5.41 Å². The summed E-state index contributed by atoms with van der Waals surface area (Å²) in [6, 6.07) is 7.20. The number of benzene rings is 1. The number of nitrogens with one attached hydrogen (secondary N) is 1. The molecule has 1 aromatic heterocycles. The first-order valence-electron chi connectivity index (χ1n) is 7.25. The summed E-state index contributed by atoms with van der Waals surface area (Å²) < 4.78 is 38.8. The number of rotatable bonds is 5. The minimum atomic E-state index is -4.51. The number of carboxylic acids is 1. The molecule has 2 aromatic rings. The number of alkyl halides is 3. The van der Waals surface area contributed by atoms with E-state index in [4.69, 9.17) is 5.11 Å². The predicted molar refractivity (Wildman–Crippen MR) is 81.8 cm³/mol. The van der Waals surface area contributed by atoms with Crippen molar-refractivity contribution in [1.29, 1.82) is 0 Å². The van der Waals surface area contributed by atoms with Crippen LogP contribution in [-0.2, 0) is 22.3 Å². The second-order valence-corrected chi connectivity index (χ2v) is 5.92. The predicted octanol–water partition coefficient (Wildman–Crippen LogP) is 2.62. The molecular weight excluding hydrogens is 339 g/mol. The standard InChI is InChI=1S/C16H16F3N3O3/c1-15(2,14(24)25)13(23)20-9-10-3-5-11(6-4-10)22-8-7-12(21-22)16(17,18)19/h3-8H,9H2,1-2H3,(H,20,23)(H,24,25). The second-order valence-electron chi connectivity index (χ2n) is 5.92. The number of nitrogens with zero attached hydrogens (tertiary/aromatic N) is 2. The first kappa shape index (κ1) is 18.5. The lowest BCUT2D eigenvalue weighted by Gasteiger charge is -2.18. The Balaban J connectivity index is 2.04. The normalized spacial score (nSPS) is 12.0. The maximum atomic E-state index is 12.6. The summed E-state index contributed by atoms with van der Waals surface area (Å²) in [7, 11) is 0. The summed E-state index contributed by atoms with van der Waals surface area (Å²) in [4.78, 5) is 22.8. The number of amides is 1. The van der Waals surface area contributed by atoms with E-state index in [1.165, 1.54) is 20.0 Å². The third-order valence-corrected chi connectivity index (χ3v) is 3.64. The van der Waals surface area contributed by atoms with Gasteiger partial charge in [-0.1, -0.05) is 12.1 Å². The summed E-state index contributed by atoms with van der Waals surface area (Å²) >= 11 is 0. The topological polar surface area (TPSA) is 84.2 Å². The van der Waals surface area contributed by atoms with Crippen molar-refractivity contribution in [2.45, 2.75) is 26.6 Å². The Hall–Kier alpha value is -2.84. The molecule has 1 amide bonds. The lowest BCUT2D eigenvalue weighted by Crippen LogP contribution is -2.41. The lowest BCUT2D eigenvalue weighted by molar-refractivity contribution is -0.153. The molecule has 2 rings (SSSR count). The van der Waals surface area contributed by atoms with Gasteiger partial charge in [-0.15, -0.1) is 0 Å². The van der Waals surface area contributed by atoms with Crippen molar-refractivity contribution in [2.24, 2.45) is 5.41 Å². The molecule has 0 atom stereocenters. The molecule has 0 saturated carbocycles. The molecule has 9 heteroatoms. The van der Waals surface area contributed by atoms with Crippen molar-refractivity contribution in [2.75, 3.05) is 0 Å². The van der Waals surface area contributed by atoms with Crippen molar-refractivity contribution in [3.8, 4) is 5.69 Å². The maximum Gasteiger partial charge on any atom is 0.435 e. The Bertz CT molecular complexity index is 780. The van der Waals surface area contributed by atoms with E-state index in [2.05, 4.69) is 10.4 Å². The van der Waals surface area contributed by atoms with E-state index in [-0.39, 0.29) is 6.54 Å². The average molecular weight is 355 g/mol. The van der Waals surface area contributed by atoms with Gasteiger partial charge in [-0.05, 0) is 37.6 Å². The van der Waals surface area contributed by atoms with Crippen molar-refractivity contribution >= 4 is 11.9 Å². The van der Waals surface area contributed by atoms with Crippen LogP contribution in [0.4, 0.5) is 13.2 Å². The number of halogens is 3. The minimum absolute atomic E-state index is 0.0999. The SMILES string of the molecule is CC(C)(C(=O)O)C(=O)NCc1ccc(-n2ccc(C(F)(F)F)n2)cc1. The summed E-state index contributed by atoms with van der Waals surface area (Å²) in [6.07, 6.45) is -3.30. The smallest absolute Gasteiger partial charge is 0.435 e. The van der Waals surface area contributed by atoms with Crippen LogP contribution in [0.15, 0.2) is 36.5 Å². The largest absolute Gasteiger partial charge is 0.480 e. The number of carbonyl (C=O) groups is 2. The number of carboxylic acid groups (broad SMARTS) is 1. The number of hydrogen-bond donors (Lipinski definition) is 2. The van der Waals surface area contributed by atoms with Gasteiger partial charge in [-0.25, -0.2) is 4.68 Å². The van der Waals surface area contributed by atoms with Crippen molar-refractivity contribution in [3.63, 3.8) is 0 Å². The minimum Gasteiger partial charge on any atom is -0.480 e. The summed E-state index contributed by atoms with van der Waals surface area (Å²) in [5.41, 5.74) is -1.44. The van der Waals surface area contributed by atoms with Gasteiger partial charge in [0, 0.05) is 12.7 Å². The zero-order valence-electron chi connectivity index (χ0n) is 13.5. The van der Waals surface area contributed by atoms with Gasteiger partial charge in [0.25, 0.3) is 0 Å². The van der Waals surface area contributed by atoms with Gasteiger partial charge in [0.05, 0.1) is 5.69 Å².